The first-order chi connectivity index (χ1) is 17.0. The molecular weight excluding hydrogens is 453 g/mol. The number of benzene rings is 3. The van der Waals surface area contributed by atoms with Crippen molar-refractivity contribution < 1.29 is 32.9 Å². The van der Waals surface area contributed by atoms with Gasteiger partial charge in [0.25, 0.3) is 5.91 Å². The van der Waals surface area contributed by atoms with E-state index in [-0.39, 0.29) is 18.3 Å². The van der Waals surface area contributed by atoms with Gasteiger partial charge in [-0.3, -0.25) is 4.79 Å². The summed E-state index contributed by atoms with van der Waals surface area (Å²) in [5.74, 6) is 1.97. The van der Waals surface area contributed by atoms with Gasteiger partial charge in [-0.05, 0) is 66.1 Å². The molecule has 184 valence electrons. The zero-order chi connectivity index (χ0) is 24.9. The molecule has 1 amide bonds. The number of hydrogen-bond donors (Lipinski definition) is 0. The van der Waals surface area contributed by atoms with Crippen LogP contribution in [0.4, 0.5) is 4.39 Å². The van der Waals surface area contributed by atoms with Crippen LogP contribution in [0.1, 0.15) is 27.5 Å². The first-order valence-corrected chi connectivity index (χ1v) is 11.2. The first-order valence-electron chi connectivity index (χ1n) is 11.2. The van der Waals surface area contributed by atoms with E-state index in [0.29, 0.717) is 47.3 Å². The molecule has 0 unspecified atom stereocenters. The molecule has 0 radical (unpaired) electrons. The molecule has 35 heavy (non-hydrogen) atoms. The molecule has 3 aromatic carbocycles. The van der Waals surface area contributed by atoms with Gasteiger partial charge in [0, 0.05) is 6.54 Å². The van der Waals surface area contributed by atoms with E-state index in [9.17, 15) is 9.18 Å². The topological polar surface area (TPSA) is 66.5 Å². The van der Waals surface area contributed by atoms with Crippen LogP contribution in [0.5, 0.6) is 28.7 Å². The molecule has 7 nitrogen and oxygen atoms in total. The fourth-order valence-corrected chi connectivity index (χ4v) is 4.37. The maximum absolute atomic E-state index is 13.8. The van der Waals surface area contributed by atoms with Gasteiger partial charge in [0.15, 0.2) is 23.0 Å². The van der Waals surface area contributed by atoms with E-state index in [1.165, 1.54) is 26.4 Å². The van der Waals surface area contributed by atoms with Crippen molar-refractivity contribution >= 4 is 5.91 Å². The number of halogens is 1. The summed E-state index contributed by atoms with van der Waals surface area (Å²) >= 11 is 0. The van der Waals surface area contributed by atoms with Crippen molar-refractivity contribution in [2.24, 2.45) is 0 Å². The van der Waals surface area contributed by atoms with Crippen LogP contribution in [0.3, 0.4) is 0 Å². The molecule has 0 saturated carbocycles. The second kappa shape index (κ2) is 10.5. The molecule has 0 N–H and O–H groups in total. The minimum atomic E-state index is -0.438. The fraction of sp³-hybridized carbons (Fsp3) is 0.296. The minimum absolute atomic E-state index is 0.159. The third-order valence-corrected chi connectivity index (χ3v) is 6.12. The van der Waals surface area contributed by atoms with Crippen LogP contribution >= 0.6 is 0 Å². The maximum Gasteiger partial charge on any atom is 0.258 e. The van der Waals surface area contributed by atoms with E-state index < -0.39 is 6.04 Å². The average molecular weight is 482 g/mol. The normalized spacial score (nSPS) is 14.7. The minimum Gasteiger partial charge on any atom is -0.493 e. The summed E-state index contributed by atoms with van der Waals surface area (Å²) in [6.07, 6.45) is 0.626. The van der Waals surface area contributed by atoms with E-state index in [1.54, 1.807) is 49.5 Å². The number of amides is 1. The van der Waals surface area contributed by atoms with Crippen molar-refractivity contribution in [2.45, 2.75) is 12.5 Å². The highest BCUT2D eigenvalue weighted by molar-refractivity contribution is 5.98. The lowest BCUT2D eigenvalue weighted by atomic mass is 9.91. The standard InChI is InChI=1S/C27H28FNO6/c1-31-23-7-5-6-20(26(23)34-4)27(30)29-13-12-17-14-24(32-2)25(33-3)15-21(17)22(29)16-35-19-10-8-18(28)9-11-19/h5-11,14-15,22H,12-13,16H2,1-4H3/t22-/m1/s1. The predicted octanol–water partition coefficient (Wildman–Crippen LogP) is 4.68. The molecule has 0 aromatic heterocycles. The summed E-state index contributed by atoms with van der Waals surface area (Å²) in [5, 5.41) is 0. The molecule has 0 spiro atoms. The predicted molar refractivity (Wildman–Crippen MR) is 128 cm³/mol. The summed E-state index contributed by atoms with van der Waals surface area (Å²) in [7, 11) is 6.20. The Kier molecular flexibility index (Phi) is 7.29. The quantitative estimate of drug-likeness (QED) is 0.466. The third kappa shape index (κ3) is 4.82. The van der Waals surface area contributed by atoms with Gasteiger partial charge in [-0.25, -0.2) is 4.39 Å². The van der Waals surface area contributed by atoms with Crippen molar-refractivity contribution in [1.82, 2.24) is 4.90 Å². The molecule has 3 aromatic rings. The van der Waals surface area contributed by atoms with Crippen molar-refractivity contribution in [3.05, 3.63) is 77.1 Å². The van der Waals surface area contributed by atoms with Crippen LogP contribution in [0, 0.1) is 5.82 Å². The van der Waals surface area contributed by atoms with Crippen LogP contribution in [0.15, 0.2) is 54.6 Å². The largest absolute Gasteiger partial charge is 0.493 e. The zero-order valence-electron chi connectivity index (χ0n) is 20.2. The van der Waals surface area contributed by atoms with Crippen LogP contribution < -0.4 is 23.7 Å². The number of ether oxygens (including phenoxy) is 5. The van der Waals surface area contributed by atoms with Crippen LogP contribution in [-0.2, 0) is 6.42 Å². The van der Waals surface area contributed by atoms with E-state index in [0.717, 1.165) is 11.1 Å². The first kappa shape index (κ1) is 24.2. The summed E-state index contributed by atoms with van der Waals surface area (Å²) in [4.78, 5) is 15.6. The molecule has 1 aliphatic heterocycles. The van der Waals surface area contributed by atoms with Gasteiger partial charge in [-0.15, -0.1) is 0 Å². The van der Waals surface area contributed by atoms with E-state index in [1.807, 2.05) is 12.1 Å². The highest BCUT2D eigenvalue weighted by atomic mass is 19.1. The Morgan fingerprint density at radius 3 is 2.26 bits per heavy atom. The number of rotatable bonds is 8. The second-order valence-electron chi connectivity index (χ2n) is 7.98. The molecule has 1 heterocycles. The van der Waals surface area contributed by atoms with Crippen molar-refractivity contribution in [1.29, 1.82) is 0 Å². The molecule has 0 bridgehead atoms. The van der Waals surface area contributed by atoms with Gasteiger partial charge in [0.2, 0.25) is 0 Å². The van der Waals surface area contributed by atoms with Crippen molar-refractivity contribution in [3.63, 3.8) is 0 Å². The Labute approximate surface area is 203 Å². The monoisotopic (exact) mass is 481 g/mol. The molecule has 0 saturated heterocycles. The smallest absolute Gasteiger partial charge is 0.258 e. The van der Waals surface area contributed by atoms with E-state index in [4.69, 9.17) is 23.7 Å². The van der Waals surface area contributed by atoms with Gasteiger partial charge < -0.3 is 28.6 Å². The fourth-order valence-electron chi connectivity index (χ4n) is 4.37. The molecule has 0 fully saturated rings. The van der Waals surface area contributed by atoms with Crippen molar-refractivity contribution in [2.75, 3.05) is 41.6 Å². The Bertz CT molecular complexity index is 1200. The number of para-hydroxylation sites is 1. The average Bonchev–Trinajstić information content (AvgIpc) is 2.90. The van der Waals surface area contributed by atoms with E-state index >= 15 is 0 Å². The van der Waals surface area contributed by atoms with E-state index in [2.05, 4.69) is 0 Å². The number of methoxy groups -OCH3 is 4. The number of fused-ring (bicyclic) bond motifs is 1. The molecular formula is C27H28FNO6. The highest BCUT2D eigenvalue weighted by Gasteiger charge is 2.35. The molecule has 0 aliphatic carbocycles. The molecule has 1 atom stereocenters. The third-order valence-electron chi connectivity index (χ3n) is 6.12. The summed E-state index contributed by atoms with van der Waals surface area (Å²) < 4.78 is 41.3. The number of carbonyl (C=O) groups is 1. The van der Waals surface area contributed by atoms with Crippen LogP contribution in [0.25, 0.3) is 0 Å². The summed E-state index contributed by atoms with van der Waals surface area (Å²) in [5.41, 5.74) is 2.32. The van der Waals surface area contributed by atoms with Crippen molar-refractivity contribution in [3.8, 4) is 28.7 Å². The summed E-state index contributed by atoms with van der Waals surface area (Å²) in [6.45, 7) is 0.616. The van der Waals surface area contributed by atoms with Gasteiger partial charge >= 0.3 is 0 Å². The Morgan fingerprint density at radius 2 is 1.60 bits per heavy atom. The highest BCUT2D eigenvalue weighted by Crippen LogP contribution is 2.40. The maximum atomic E-state index is 13.8. The second-order valence-corrected chi connectivity index (χ2v) is 7.98. The SMILES string of the molecule is COc1cc2c(cc1OC)[C@@H](COc1ccc(F)cc1)N(C(=O)c1cccc(OC)c1OC)CC2. The number of carbonyl (C=O) groups excluding carboxylic acids is 1. The van der Waals surface area contributed by atoms with Gasteiger partial charge in [-0.1, -0.05) is 6.07 Å². The molecule has 4 rings (SSSR count). The zero-order valence-corrected chi connectivity index (χ0v) is 20.2. The lowest BCUT2D eigenvalue weighted by Gasteiger charge is -2.38. The summed E-state index contributed by atoms with van der Waals surface area (Å²) in [6, 6.07) is 14.4. The Hall–Kier alpha value is -3.94. The Morgan fingerprint density at radius 1 is 0.914 bits per heavy atom. The Balaban J connectivity index is 1.74. The lowest BCUT2D eigenvalue weighted by molar-refractivity contribution is 0.0585. The lowest BCUT2D eigenvalue weighted by Crippen LogP contribution is -2.42. The van der Waals surface area contributed by atoms with Crippen LogP contribution in [0.2, 0.25) is 0 Å². The number of nitrogens with zero attached hydrogens (tertiary/aromatic N) is 1. The molecule has 1 aliphatic rings. The molecule has 8 heteroatoms. The number of hydrogen-bond acceptors (Lipinski definition) is 6. The van der Waals surface area contributed by atoms with Gasteiger partial charge in [-0.2, -0.15) is 0 Å². The van der Waals surface area contributed by atoms with Gasteiger partial charge in [0.1, 0.15) is 18.2 Å². The van der Waals surface area contributed by atoms with Crippen LogP contribution in [-0.4, -0.2) is 52.4 Å². The van der Waals surface area contributed by atoms with Gasteiger partial charge in [0.05, 0.1) is 40.0 Å².